The molecule has 0 aromatic heterocycles. The summed E-state index contributed by atoms with van der Waals surface area (Å²) in [5, 5.41) is 1.05. The first-order chi connectivity index (χ1) is 17.2. The molecule has 0 amide bonds. The van der Waals surface area contributed by atoms with Gasteiger partial charge in [0, 0.05) is 10.9 Å². The number of aryl methyl sites for hydroxylation is 2. The molecule has 1 unspecified atom stereocenters. The molecule has 0 nitrogen and oxygen atoms in total. The zero-order valence-electron chi connectivity index (χ0n) is 20.4. The van der Waals surface area contributed by atoms with Crippen LogP contribution in [0.1, 0.15) is 61.3 Å². The number of rotatable bonds is 8. The molecule has 0 radical (unpaired) electrons. The van der Waals surface area contributed by atoms with E-state index in [0.29, 0.717) is 22.8 Å². The molecular formula is C31H29F5. The molecule has 0 spiro atoms. The molecule has 0 aliphatic heterocycles. The molecule has 0 N–H and O–H groups in total. The van der Waals surface area contributed by atoms with E-state index in [1.165, 1.54) is 17.2 Å². The van der Waals surface area contributed by atoms with Gasteiger partial charge >= 0.3 is 6.18 Å². The monoisotopic (exact) mass is 496 g/mol. The van der Waals surface area contributed by atoms with Gasteiger partial charge in [-0.1, -0.05) is 80.9 Å². The van der Waals surface area contributed by atoms with Gasteiger partial charge in [0.25, 0.3) is 0 Å². The van der Waals surface area contributed by atoms with Crippen molar-refractivity contribution in [3.63, 3.8) is 0 Å². The molecule has 0 heterocycles. The van der Waals surface area contributed by atoms with Crippen LogP contribution in [-0.2, 0) is 19.0 Å². The zero-order valence-corrected chi connectivity index (χ0v) is 20.4. The third-order valence-electron chi connectivity index (χ3n) is 6.91. The van der Waals surface area contributed by atoms with E-state index in [4.69, 9.17) is 0 Å². The van der Waals surface area contributed by atoms with Crippen LogP contribution in [0.5, 0.6) is 0 Å². The second-order valence-corrected chi connectivity index (χ2v) is 9.27. The molecule has 0 aliphatic rings. The third kappa shape index (κ3) is 5.45. The minimum atomic E-state index is -4.80. The van der Waals surface area contributed by atoms with E-state index in [1.54, 1.807) is 12.1 Å². The Bertz CT molecular complexity index is 1350. The van der Waals surface area contributed by atoms with E-state index in [1.807, 2.05) is 12.1 Å². The van der Waals surface area contributed by atoms with Gasteiger partial charge in [0.15, 0.2) is 0 Å². The maximum Gasteiger partial charge on any atom is 0.419 e. The Hall–Kier alpha value is -3.21. The van der Waals surface area contributed by atoms with Crippen LogP contribution < -0.4 is 0 Å². The summed E-state index contributed by atoms with van der Waals surface area (Å²) in [6.45, 7) is 4.43. The average molecular weight is 497 g/mol. The molecule has 0 saturated carbocycles. The number of fused-ring (bicyclic) bond motifs is 1. The van der Waals surface area contributed by atoms with Crippen LogP contribution in [0, 0.1) is 11.6 Å². The SMILES string of the molecule is CCCC(CC)c1ccccc1CCc1ccc2c(F)c(-c3ccc(C(F)(F)F)c(F)c3)ccc2c1. The lowest BCUT2D eigenvalue weighted by molar-refractivity contribution is -0.139. The maximum atomic E-state index is 15.3. The summed E-state index contributed by atoms with van der Waals surface area (Å²) in [4.78, 5) is 0. The molecule has 0 saturated heterocycles. The molecule has 36 heavy (non-hydrogen) atoms. The van der Waals surface area contributed by atoms with E-state index in [2.05, 4.69) is 38.1 Å². The van der Waals surface area contributed by atoms with Crippen LogP contribution >= 0.6 is 0 Å². The predicted octanol–water partition coefficient (Wildman–Crippen LogP) is 9.88. The number of benzene rings is 4. The standard InChI is InChI=1S/C31H29F5/c1-3-7-21(4-2)25-9-6-5-8-22(25)12-10-20-11-15-26-23(18-20)13-16-27(30(26)33)24-14-17-28(29(32)19-24)31(34,35)36/h5-6,8-9,11,13-19,21H,3-4,7,10,12H2,1-2H3. The van der Waals surface area contributed by atoms with Crippen molar-refractivity contribution in [1.82, 2.24) is 0 Å². The van der Waals surface area contributed by atoms with Gasteiger partial charge in [0.1, 0.15) is 11.6 Å². The maximum absolute atomic E-state index is 15.3. The van der Waals surface area contributed by atoms with Gasteiger partial charge in [-0.2, -0.15) is 13.2 Å². The van der Waals surface area contributed by atoms with Crippen molar-refractivity contribution in [2.24, 2.45) is 0 Å². The number of alkyl halides is 3. The van der Waals surface area contributed by atoms with E-state index in [-0.39, 0.29) is 11.1 Å². The fraction of sp³-hybridized carbons (Fsp3) is 0.290. The van der Waals surface area contributed by atoms with Gasteiger partial charge in [-0.25, -0.2) is 8.78 Å². The lowest BCUT2D eigenvalue weighted by atomic mass is 9.86. The minimum Gasteiger partial charge on any atom is -0.206 e. The van der Waals surface area contributed by atoms with Gasteiger partial charge in [0.05, 0.1) is 5.56 Å². The van der Waals surface area contributed by atoms with Gasteiger partial charge < -0.3 is 0 Å². The van der Waals surface area contributed by atoms with Crippen molar-refractivity contribution in [2.75, 3.05) is 0 Å². The lowest BCUT2D eigenvalue weighted by Gasteiger charge is -2.19. The quantitative estimate of drug-likeness (QED) is 0.213. The second-order valence-electron chi connectivity index (χ2n) is 9.27. The summed E-state index contributed by atoms with van der Waals surface area (Å²) < 4.78 is 68.0. The van der Waals surface area contributed by atoms with Crippen LogP contribution in [0.25, 0.3) is 21.9 Å². The summed E-state index contributed by atoms with van der Waals surface area (Å²) in [5.74, 6) is -1.45. The Kier molecular flexibility index (Phi) is 7.77. The molecule has 0 bridgehead atoms. The summed E-state index contributed by atoms with van der Waals surface area (Å²) in [7, 11) is 0. The molecule has 0 aliphatic carbocycles. The van der Waals surface area contributed by atoms with Crippen molar-refractivity contribution in [2.45, 2.75) is 58.0 Å². The van der Waals surface area contributed by atoms with Crippen molar-refractivity contribution in [3.8, 4) is 11.1 Å². The Balaban J connectivity index is 1.58. The van der Waals surface area contributed by atoms with Crippen LogP contribution in [0.3, 0.4) is 0 Å². The van der Waals surface area contributed by atoms with Crippen LogP contribution in [0.15, 0.2) is 72.8 Å². The third-order valence-corrected chi connectivity index (χ3v) is 6.91. The molecule has 1 atom stereocenters. The Morgan fingerprint density at radius 3 is 2.28 bits per heavy atom. The van der Waals surface area contributed by atoms with E-state index >= 15 is 4.39 Å². The van der Waals surface area contributed by atoms with Crippen molar-refractivity contribution in [3.05, 3.63) is 107 Å². The molecule has 4 rings (SSSR count). The lowest BCUT2D eigenvalue weighted by Crippen LogP contribution is -2.07. The van der Waals surface area contributed by atoms with Crippen molar-refractivity contribution < 1.29 is 22.0 Å². The summed E-state index contributed by atoms with van der Waals surface area (Å²) in [5.41, 5.74) is 2.59. The minimum absolute atomic E-state index is 0.0677. The average Bonchev–Trinajstić information content (AvgIpc) is 2.85. The Morgan fingerprint density at radius 1 is 0.806 bits per heavy atom. The first-order valence-electron chi connectivity index (χ1n) is 12.4. The van der Waals surface area contributed by atoms with Crippen LogP contribution in [0.4, 0.5) is 22.0 Å². The smallest absolute Gasteiger partial charge is 0.206 e. The second kappa shape index (κ2) is 10.8. The number of hydrogen-bond acceptors (Lipinski definition) is 0. The van der Waals surface area contributed by atoms with Gasteiger partial charge in [-0.15, -0.1) is 0 Å². The Labute approximate surface area is 208 Å². The highest BCUT2D eigenvalue weighted by Crippen LogP contribution is 2.35. The highest BCUT2D eigenvalue weighted by molar-refractivity contribution is 5.88. The predicted molar refractivity (Wildman–Crippen MR) is 136 cm³/mol. The fourth-order valence-electron chi connectivity index (χ4n) is 5.00. The van der Waals surface area contributed by atoms with Crippen molar-refractivity contribution in [1.29, 1.82) is 0 Å². The first kappa shape index (κ1) is 25.9. The largest absolute Gasteiger partial charge is 0.419 e. The van der Waals surface area contributed by atoms with E-state index < -0.39 is 23.4 Å². The Morgan fingerprint density at radius 2 is 1.58 bits per heavy atom. The van der Waals surface area contributed by atoms with Crippen molar-refractivity contribution >= 4 is 10.8 Å². The normalized spacial score (nSPS) is 12.8. The highest BCUT2D eigenvalue weighted by Gasteiger charge is 2.34. The summed E-state index contributed by atoms with van der Waals surface area (Å²) in [6.07, 6.45) is 0.300. The molecule has 5 heteroatoms. The fourth-order valence-corrected chi connectivity index (χ4v) is 5.00. The van der Waals surface area contributed by atoms with Crippen LogP contribution in [0.2, 0.25) is 0 Å². The molecule has 0 fully saturated rings. The molecular weight excluding hydrogens is 467 g/mol. The number of hydrogen-bond donors (Lipinski definition) is 0. The van der Waals surface area contributed by atoms with Crippen LogP contribution in [-0.4, -0.2) is 0 Å². The van der Waals surface area contributed by atoms with Gasteiger partial charge in [0.2, 0.25) is 0 Å². The van der Waals surface area contributed by atoms with Gasteiger partial charge in [-0.05, 0) is 71.4 Å². The topological polar surface area (TPSA) is 0 Å². The van der Waals surface area contributed by atoms with Gasteiger partial charge in [-0.3, -0.25) is 0 Å². The summed E-state index contributed by atoms with van der Waals surface area (Å²) >= 11 is 0. The molecule has 4 aromatic carbocycles. The van der Waals surface area contributed by atoms with E-state index in [0.717, 1.165) is 49.8 Å². The highest BCUT2D eigenvalue weighted by atomic mass is 19.4. The summed E-state index contributed by atoms with van der Waals surface area (Å²) in [6, 6.07) is 19.8. The first-order valence-corrected chi connectivity index (χ1v) is 12.4. The molecule has 188 valence electrons. The van der Waals surface area contributed by atoms with E-state index in [9.17, 15) is 17.6 Å². The molecule has 4 aromatic rings. The number of halogens is 5. The zero-order chi connectivity index (χ0) is 25.9.